The van der Waals surface area contributed by atoms with E-state index in [9.17, 15) is 13.5 Å². The molecular formula is C14H22N2O4S. The summed E-state index contributed by atoms with van der Waals surface area (Å²) in [6, 6.07) is 3.18. The summed E-state index contributed by atoms with van der Waals surface area (Å²) < 4.78 is 31.9. The largest absolute Gasteiger partial charge is 0.481 e. The second kappa shape index (κ2) is 6.72. The van der Waals surface area contributed by atoms with Crippen LogP contribution in [0.2, 0.25) is 0 Å². The Kier molecular flexibility index (Phi) is 5.18. The zero-order valence-electron chi connectivity index (χ0n) is 12.3. The fourth-order valence-electron chi connectivity index (χ4n) is 2.56. The topological polar surface area (TPSA) is 88.5 Å². The lowest BCUT2D eigenvalue weighted by atomic mass is 9.76. The predicted octanol–water partition coefficient (Wildman–Crippen LogP) is 1.23. The van der Waals surface area contributed by atoms with Crippen molar-refractivity contribution in [3.05, 3.63) is 23.9 Å². The molecule has 0 aliphatic heterocycles. The highest BCUT2D eigenvalue weighted by atomic mass is 32.2. The van der Waals surface area contributed by atoms with Crippen molar-refractivity contribution in [2.45, 2.75) is 38.3 Å². The highest BCUT2D eigenvalue weighted by molar-refractivity contribution is 7.89. The van der Waals surface area contributed by atoms with Gasteiger partial charge in [0.05, 0.1) is 25.0 Å². The molecule has 1 aromatic heterocycles. The molecule has 21 heavy (non-hydrogen) atoms. The molecule has 2 rings (SSSR count). The maximum absolute atomic E-state index is 12.0. The van der Waals surface area contributed by atoms with Gasteiger partial charge in [-0.05, 0) is 30.7 Å². The Balaban J connectivity index is 2.19. The lowest BCUT2D eigenvalue weighted by Gasteiger charge is -2.38. The molecule has 0 radical (unpaired) electrons. The van der Waals surface area contributed by atoms with E-state index in [0.717, 1.165) is 5.56 Å². The first kappa shape index (κ1) is 16.2. The Hall–Kier alpha value is -1.18. The van der Waals surface area contributed by atoms with Gasteiger partial charge in [0.1, 0.15) is 0 Å². The Bertz CT molecular complexity index is 553. The maximum Gasteiger partial charge on any atom is 0.212 e. The number of aliphatic hydroxyl groups is 1. The molecule has 0 saturated heterocycles. The van der Waals surface area contributed by atoms with Crippen molar-refractivity contribution in [2.24, 2.45) is 5.92 Å². The van der Waals surface area contributed by atoms with Gasteiger partial charge in [0.25, 0.3) is 0 Å². The Morgan fingerprint density at radius 2 is 2.19 bits per heavy atom. The molecule has 1 aromatic rings. The molecule has 1 aliphatic rings. The molecule has 1 atom stereocenters. The Morgan fingerprint density at radius 3 is 2.67 bits per heavy atom. The first-order valence-corrected chi connectivity index (χ1v) is 8.78. The maximum atomic E-state index is 12.0. The van der Waals surface area contributed by atoms with E-state index in [4.69, 9.17) is 4.74 Å². The van der Waals surface area contributed by atoms with Crippen LogP contribution in [0.3, 0.4) is 0 Å². The van der Waals surface area contributed by atoms with Crippen LogP contribution in [-0.4, -0.2) is 37.5 Å². The van der Waals surface area contributed by atoms with Crippen LogP contribution >= 0.6 is 0 Å². The number of nitrogens with zero attached hydrogens (tertiary/aromatic N) is 1. The second-order valence-electron chi connectivity index (χ2n) is 5.43. The molecular weight excluding hydrogens is 292 g/mol. The fraction of sp³-hybridized carbons (Fsp3) is 0.643. The smallest absolute Gasteiger partial charge is 0.212 e. The molecule has 0 spiro atoms. The predicted molar refractivity (Wildman–Crippen MR) is 79.5 cm³/mol. The fourth-order valence-corrected chi connectivity index (χ4v) is 3.93. The Morgan fingerprint density at radius 1 is 1.48 bits per heavy atom. The number of aromatic nitrogens is 1. The van der Waals surface area contributed by atoms with Gasteiger partial charge in [-0.3, -0.25) is 0 Å². The monoisotopic (exact) mass is 314 g/mol. The van der Waals surface area contributed by atoms with E-state index in [1.165, 1.54) is 7.11 Å². The van der Waals surface area contributed by atoms with Gasteiger partial charge >= 0.3 is 0 Å². The van der Waals surface area contributed by atoms with Gasteiger partial charge in [-0.2, -0.15) is 0 Å². The lowest BCUT2D eigenvalue weighted by molar-refractivity contribution is 0.0279. The first-order valence-electron chi connectivity index (χ1n) is 7.13. The van der Waals surface area contributed by atoms with Crippen LogP contribution in [-0.2, 0) is 10.0 Å². The van der Waals surface area contributed by atoms with Crippen LogP contribution < -0.4 is 9.46 Å². The molecule has 2 N–H and O–H groups in total. The molecule has 0 bridgehead atoms. The summed E-state index contributed by atoms with van der Waals surface area (Å²) in [6.07, 6.45) is 3.06. The van der Waals surface area contributed by atoms with Gasteiger partial charge in [0.15, 0.2) is 0 Å². The zero-order valence-corrected chi connectivity index (χ0v) is 13.1. The second-order valence-corrected chi connectivity index (χ2v) is 7.31. The molecule has 1 aliphatic carbocycles. The van der Waals surface area contributed by atoms with Crippen molar-refractivity contribution in [1.29, 1.82) is 0 Å². The van der Waals surface area contributed by atoms with Gasteiger partial charge in [0, 0.05) is 12.3 Å². The summed E-state index contributed by atoms with van der Waals surface area (Å²) >= 11 is 0. The van der Waals surface area contributed by atoms with Crippen LogP contribution in [0.25, 0.3) is 0 Å². The number of hydrogen-bond donors (Lipinski definition) is 2. The number of sulfonamides is 1. The average molecular weight is 314 g/mol. The van der Waals surface area contributed by atoms with Crippen molar-refractivity contribution in [2.75, 3.05) is 12.9 Å². The number of rotatable bonds is 7. The quantitative estimate of drug-likeness (QED) is 0.790. The van der Waals surface area contributed by atoms with Gasteiger partial charge in [0.2, 0.25) is 15.9 Å². The third-order valence-electron chi connectivity index (χ3n) is 3.73. The van der Waals surface area contributed by atoms with Crippen LogP contribution in [0, 0.1) is 5.92 Å². The van der Waals surface area contributed by atoms with Crippen molar-refractivity contribution >= 4 is 10.0 Å². The SMILES string of the molecule is CCCS(=O)(=O)N[C@@H](c1ccc(OC)nc1)C1CC(O)C1. The van der Waals surface area contributed by atoms with E-state index < -0.39 is 10.0 Å². The van der Waals surface area contributed by atoms with Crippen molar-refractivity contribution < 1.29 is 18.3 Å². The first-order chi connectivity index (χ1) is 9.95. The molecule has 1 saturated carbocycles. The summed E-state index contributed by atoms with van der Waals surface area (Å²) in [4.78, 5) is 4.13. The highest BCUT2D eigenvalue weighted by Crippen LogP contribution is 2.38. The van der Waals surface area contributed by atoms with E-state index >= 15 is 0 Å². The number of methoxy groups -OCH3 is 1. The van der Waals surface area contributed by atoms with E-state index in [-0.39, 0.29) is 23.8 Å². The molecule has 0 amide bonds. The molecule has 0 unspecified atom stereocenters. The van der Waals surface area contributed by atoms with Crippen LogP contribution in [0.4, 0.5) is 0 Å². The number of aliphatic hydroxyl groups excluding tert-OH is 1. The summed E-state index contributed by atoms with van der Waals surface area (Å²) in [5.74, 6) is 0.687. The summed E-state index contributed by atoms with van der Waals surface area (Å²) in [7, 11) is -1.79. The van der Waals surface area contributed by atoms with Gasteiger partial charge < -0.3 is 9.84 Å². The molecule has 6 nitrogen and oxygen atoms in total. The number of nitrogens with one attached hydrogen (secondary N) is 1. The van der Waals surface area contributed by atoms with Gasteiger partial charge in [-0.1, -0.05) is 13.0 Å². The average Bonchev–Trinajstić information content (AvgIpc) is 2.42. The molecule has 1 heterocycles. The minimum atomic E-state index is -3.32. The van der Waals surface area contributed by atoms with Crippen LogP contribution in [0.1, 0.15) is 37.8 Å². The number of hydrogen-bond acceptors (Lipinski definition) is 5. The minimum Gasteiger partial charge on any atom is -0.481 e. The number of pyridine rings is 1. The lowest BCUT2D eigenvalue weighted by Crippen LogP contribution is -2.42. The van der Waals surface area contributed by atoms with E-state index in [1.807, 2.05) is 13.0 Å². The Labute approximate surface area is 125 Å². The molecule has 1 fully saturated rings. The van der Waals surface area contributed by atoms with Crippen LogP contribution in [0.5, 0.6) is 5.88 Å². The molecule has 0 aromatic carbocycles. The van der Waals surface area contributed by atoms with E-state index in [1.54, 1.807) is 12.3 Å². The van der Waals surface area contributed by atoms with Crippen molar-refractivity contribution in [3.8, 4) is 5.88 Å². The van der Waals surface area contributed by atoms with Gasteiger partial charge in [-0.15, -0.1) is 0 Å². The summed E-state index contributed by atoms with van der Waals surface area (Å²) in [5, 5.41) is 9.49. The normalized spacial score (nSPS) is 23.4. The standard InChI is InChI=1S/C14H22N2O4S/c1-3-6-21(18,19)16-14(11-7-12(17)8-11)10-4-5-13(20-2)15-9-10/h4-5,9,11-12,14,16-17H,3,6-8H2,1-2H3/t11?,12?,14-/m0/s1. The highest BCUT2D eigenvalue weighted by Gasteiger charge is 2.36. The third-order valence-corrected chi connectivity index (χ3v) is 5.29. The number of ether oxygens (including phenoxy) is 1. The summed E-state index contributed by atoms with van der Waals surface area (Å²) in [5.41, 5.74) is 0.798. The zero-order chi connectivity index (χ0) is 15.5. The minimum absolute atomic E-state index is 0.0989. The van der Waals surface area contributed by atoms with Crippen molar-refractivity contribution in [3.63, 3.8) is 0 Å². The van der Waals surface area contributed by atoms with E-state index in [2.05, 4.69) is 9.71 Å². The van der Waals surface area contributed by atoms with E-state index in [0.29, 0.717) is 25.1 Å². The molecule has 118 valence electrons. The third kappa shape index (κ3) is 4.15. The summed E-state index contributed by atoms with van der Waals surface area (Å²) in [6.45, 7) is 1.83. The molecule has 7 heteroatoms. The van der Waals surface area contributed by atoms with Crippen molar-refractivity contribution in [1.82, 2.24) is 9.71 Å². The van der Waals surface area contributed by atoms with Gasteiger partial charge in [-0.25, -0.2) is 18.1 Å². The van der Waals surface area contributed by atoms with Crippen LogP contribution in [0.15, 0.2) is 18.3 Å².